The molecule has 4 amide bonds. The summed E-state index contributed by atoms with van der Waals surface area (Å²) >= 11 is 0. The van der Waals surface area contributed by atoms with Gasteiger partial charge in [-0.2, -0.15) is 0 Å². The number of carbonyl (C=O) groups excluding carboxylic acids is 3. The minimum Gasteiger partial charge on any atom is -0.356 e. The van der Waals surface area contributed by atoms with Gasteiger partial charge in [-0.05, 0) is 43.0 Å². The number of aromatic nitrogens is 1. The Balaban J connectivity index is 1.50. The molecule has 4 N–H and O–H groups in total. The van der Waals surface area contributed by atoms with E-state index in [9.17, 15) is 14.4 Å². The fourth-order valence-corrected chi connectivity index (χ4v) is 4.57. The molecule has 8 heteroatoms. The number of nitrogens with one attached hydrogen (secondary N) is 4. The molecule has 1 unspecified atom stereocenters. The zero-order chi connectivity index (χ0) is 21.1. The Hall–Kier alpha value is -3.03. The molecule has 1 saturated carbocycles. The number of hydrogen-bond acceptors (Lipinski definition) is 3. The Morgan fingerprint density at radius 2 is 1.97 bits per heavy atom. The second-order valence-electron chi connectivity index (χ2n) is 8.25. The molecule has 2 aliphatic rings. The van der Waals surface area contributed by atoms with Gasteiger partial charge in [0.25, 0.3) is 5.91 Å². The quantitative estimate of drug-likeness (QED) is 0.608. The summed E-state index contributed by atoms with van der Waals surface area (Å²) < 4.78 is 1.96. The summed E-state index contributed by atoms with van der Waals surface area (Å²) in [4.78, 5) is 36.6. The lowest BCUT2D eigenvalue weighted by atomic mass is 9.89. The number of fused-ring (bicyclic) bond motifs is 3. The van der Waals surface area contributed by atoms with Crippen molar-refractivity contribution in [2.24, 2.45) is 5.92 Å². The third-order valence-corrected chi connectivity index (χ3v) is 6.15. The molecule has 0 saturated heterocycles. The molecule has 1 aromatic carbocycles. The van der Waals surface area contributed by atoms with Gasteiger partial charge in [0, 0.05) is 43.1 Å². The SMILES string of the molecule is CNC(=O)Nc1ccc2c(c1)cc1n2C(CC(=O)NCC2CCCCC2)CNC1=O. The van der Waals surface area contributed by atoms with Crippen LogP contribution in [-0.2, 0) is 4.79 Å². The molecule has 0 bridgehead atoms. The lowest BCUT2D eigenvalue weighted by Gasteiger charge is -2.27. The van der Waals surface area contributed by atoms with E-state index in [1.807, 2.05) is 22.8 Å². The number of anilines is 1. The molecule has 30 heavy (non-hydrogen) atoms. The van der Waals surface area contributed by atoms with E-state index in [2.05, 4.69) is 21.3 Å². The number of benzene rings is 1. The molecule has 2 heterocycles. The summed E-state index contributed by atoms with van der Waals surface area (Å²) in [6, 6.07) is 6.89. The summed E-state index contributed by atoms with van der Waals surface area (Å²) in [7, 11) is 1.55. The highest BCUT2D eigenvalue weighted by atomic mass is 16.2. The number of rotatable bonds is 5. The molecular weight excluding hydrogens is 382 g/mol. The molecule has 1 atom stereocenters. The van der Waals surface area contributed by atoms with Crippen LogP contribution in [0.3, 0.4) is 0 Å². The molecule has 1 aromatic heterocycles. The minimum atomic E-state index is -0.302. The first kappa shape index (κ1) is 20.3. The van der Waals surface area contributed by atoms with E-state index in [1.54, 1.807) is 13.1 Å². The number of amides is 4. The monoisotopic (exact) mass is 411 g/mol. The summed E-state index contributed by atoms with van der Waals surface area (Å²) in [5.74, 6) is 0.460. The predicted molar refractivity (Wildman–Crippen MR) is 116 cm³/mol. The van der Waals surface area contributed by atoms with E-state index >= 15 is 0 Å². The van der Waals surface area contributed by atoms with Gasteiger partial charge in [-0.15, -0.1) is 0 Å². The van der Waals surface area contributed by atoms with Crippen LogP contribution in [-0.4, -0.2) is 42.5 Å². The molecular formula is C22H29N5O3. The molecule has 1 fully saturated rings. The number of urea groups is 1. The van der Waals surface area contributed by atoms with Gasteiger partial charge in [-0.25, -0.2) is 4.79 Å². The van der Waals surface area contributed by atoms with Crippen molar-refractivity contribution in [3.63, 3.8) is 0 Å². The third kappa shape index (κ3) is 4.27. The van der Waals surface area contributed by atoms with Crippen molar-refractivity contribution in [1.29, 1.82) is 0 Å². The van der Waals surface area contributed by atoms with Gasteiger partial charge in [0.05, 0.1) is 6.04 Å². The topological polar surface area (TPSA) is 104 Å². The van der Waals surface area contributed by atoms with Gasteiger partial charge < -0.3 is 25.8 Å². The second-order valence-corrected chi connectivity index (χ2v) is 8.25. The van der Waals surface area contributed by atoms with Gasteiger partial charge in [0.2, 0.25) is 5.91 Å². The summed E-state index contributed by atoms with van der Waals surface area (Å²) in [5, 5.41) is 12.1. The van der Waals surface area contributed by atoms with Crippen molar-refractivity contribution in [3.8, 4) is 0 Å². The summed E-state index contributed by atoms with van der Waals surface area (Å²) in [5.41, 5.74) is 2.07. The Kier molecular flexibility index (Phi) is 5.92. The van der Waals surface area contributed by atoms with E-state index in [1.165, 1.54) is 32.1 Å². The van der Waals surface area contributed by atoms with Crippen LogP contribution in [0.25, 0.3) is 10.9 Å². The second kappa shape index (κ2) is 8.77. The van der Waals surface area contributed by atoms with Crippen LogP contribution >= 0.6 is 0 Å². The Morgan fingerprint density at radius 3 is 2.73 bits per heavy atom. The molecule has 0 spiro atoms. The summed E-state index contributed by atoms with van der Waals surface area (Å²) in [6.07, 6.45) is 6.52. The minimum absolute atomic E-state index is 0.0208. The van der Waals surface area contributed by atoms with Gasteiger partial charge in [0.1, 0.15) is 5.69 Å². The third-order valence-electron chi connectivity index (χ3n) is 6.15. The van der Waals surface area contributed by atoms with Crippen LogP contribution < -0.4 is 21.3 Å². The average Bonchev–Trinajstić information content (AvgIpc) is 3.15. The molecule has 8 nitrogen and oxygen atoms in total. The van der Waals surface area contributed by atoms with E-state index in [0.717, 1.165) is 17.4 Å². The van der Waals surface area contributed by atoms with Gasteiger partial charge in [-0.1, -0.05) is 19.3 Å². The zero-order valence-corrected chi connectivity index (χ0v) is 17.3. The standard InChI is InChI=1S/C22H29N5O3/c1-23-22(30)26-16-7-8-18-15(9-16)10-19-21(29)25-13-17(27(18)19)11-20(28)24-12-14-5-3-2-4-6-14/h7-10,14,17H,2-6,11-13H2,1H3,(H,24,28)(H,25,29)(H2,23,26,30). The molecule has 4 rings (SSSR count). The Labute approximate surface area is 175 Å². The predicted octanol–water partition coefficient (Wildman–Crippen LogP) is 2.76. The fourth-order valence-electron chi connectivity index (χ4n) is 4.57. The number of hydrogen-bond donors (Lipinski definition) is 4. The number of nitrogens with zero attached hydrogens (tertiary/aromatic N) is 1. The van der Waals surface area contributed by atoms with Crippen LogP contribution in [0.15, 0.2) is 24.3 Å². The molecule has 2 aromatic rings. The van der Waals surface area contributed by atoms with Crippen molar-refractivity contribution in [1.82, 2.24) is 20.5 Å². The lowest BCUT2D eigenvalue weighted by molar-refractivity contribution is -0.122. The largest absolute Gasteiger partial charge is 0.356 e. The highest BCUT2D eigenvalue weighted by Gasteiger charge is 2.29. The average molecular weight is 412 g/mol. The van der Waals surface area contributed by atoms with Crippen molar-refractivity contribution >= 4 is 34.4 Å². The van der Waals surface area contributed by atoms with E-state index in [4.69, 9.17) is 0 Å². The van der Waals surface area contributed by atoms with Crippen LogP contribution in [0.2, 0.25) is 0 Å². The lowest BCUT2D eigenvalue weighted by Crippen LogP contribution is -2.41. The normalized spacial score (nSPS) is 19.1. The van der Waals surface area contributed by atoms with Crippen LogP contribution in [0.4, 0.5) is 10.5 Å². The van der Waals surface area contributed by atoms with Crippen molar-refractivity contribution in [2.75, 3.05) is 25.5 Å². The highest BCUT2D eigenvalue weighted by molar-refractivity contribution is 6.01. The smallest absolute Gasteiger partial charge is 0.318 e. The molecule has 1 aliphatic carbocycles. The van der Waals surface area contributed by atoms with Crippen LogP contribution in [0.1, 0.15) is 55.1 Å². The maximum Gasteiger partial charge on any atom is 0.318 e. The molecule has 0 radical (unpaired) electrons. The van der Waals surface area contributed by atoms with Gasteiger partial charge >= 0.3 is 6.03 Å². The Morgan fingerprint density at radius 1 is 1.17 bits per heavy atom. The van der Waals surface area contributed by atoms with Crippen molar-refractivity contribution in [2.45, 2.75) is 44.6 Å². The van der Waals surface area contributed by atoms with Crippen LogP contribution in [0, 0.1) is 5.92 Å². The fraction of sp³-hybridized carbons (Fsp3) is 0.500. The zero-order valence-electron chi connectivity index (χ0n) is 17.3. The summed E-state index contributed by atoms with van der Waals surface area (Å²) in [6.45, 7) is 1.16. The first-order valence-electron chi connectivity index (χ1n) is 10.7. The van der Waals surface area contributed by atoms with Crippen molar-refractivity contribution in [3.05, 3.63) is 30.0 Å². The van der Waals surface area contributed by atoms with E-state index in [-0.39, 0.29) is 23.9 Å². The first-order valence-corrected chi connectivity index (χ1v) is 10.7. The van der Waals surface area contributed by atoms with E-state index in [0.29, 0.717) is 30.3 Å². The highest BCUT2D eigenvalue weighted by Crippen LogP contribution is 2.30. The first-order chi connectivity index (χ1) is 14.5. The van der Waals surface area contributed by atoms with Gasteiger partial charge in [0.15, 0.2) is 0 Å². The molecule has 160 valence electrons. The van der Waals surface area contributed by atoms with E-state index < -0.39 is 0 Å². The van der Waals surface area contributed by atoms with Crippen molar-refractivity contribution < 1.29 is 14.4 Å². The van der Waals surface area contributed by atoms with Gasteiger partial charge in [-0.3, -0.25) is 9.59 Å². The van der Waals surface area contributed by atoms with Crippen LogP contribution in [0.5, 0.6) is 0 Å². The Bertz CT molecular complexity index is 961. The maximum absolute atomic E-state index is 12.6. The molecule has 1 aliphatic heterocycles. The number of carbonyl (C=O) groups is 3. The maximum atomic E-state index is 12.6.